The van der Waals surface area contributed by atoms with Gasteiger partial charge in [-0.3, -0.25) is 9.78 Å². The molecule has 6 heteroatoms. The van der Waals surface area contributed by atoms with Gasteiger partial charge in [0, 0.05) is 39.2 Å². The van der Waals surface area contributed by atoms with Crippen molar-refractivity contribution in [3.8, 4) is 22.6 Å². The Kier molecular flexibility index (Phi) is 4.48. The van der Waals surface area contributed by atoms with Crippen molar-refractivity contribution in [1.29, 1.82) is 0 Å². The Morgan fingerprint density at radius 3 is 2.69 bits per heavy atom. The quantitative estimate of drug-likeness (QED) is 0.450. The minimum absolute atomic E-state index is 0.208. The second-order valence-corrected chi connectivity index (χ2v) is 7.83. The molecule has 0 radical (unpaired) electrons. The number of anilines is 1. The molecule has 0 saturated carbocycles. The molecule has 2 heterocycles. The van der Waals surface area contributed by atoms with Gasteiger partial charge in [0.05, 0.1) is 5.56 Å². The minimum atomic E-state index is -0.208. The highest BCUT2D eigenvalue weighted by atomic mass is 79.9. The first kappa shape index (κ1) is 17.8. The van der Waals surface area contributed by atoms with E-state index in [2.05, 4.69) is 49.6 Å². The van der Waals surface area contributed by atoms with Crippen LogP contribution in [0.1, 0.15) is 21.5 Å². The molecule has 142 valence electrons. The van der Waals surface area contributed by atoms with Gasteiger partial charge in [-0.1, -0.05) is 29.4 Å². The number of rotatable bonds is 3. The minimum Gasteiger partial charge on any atom is -0.355 e. The maximum absolute atomic E-state index is 12.4. The first-order valence-corrected chi connectivity index (χ1v) is 10.1. The van der Waals surface area contributed by atoms with Crippen LogP contribution in [0.5, 0.6) is 0 Å². The number of aromatic nitrogens is 2. The van der Waals surface area contributed by atoms with Crippen LogP contribution in [0.4, 0.5) is 5.69 Å². The maximum Gasteiger partial charge on any atom is 0.257 e. The van der Waals surface area contributed by atoms with Crippen molar-refractivity contribution in [2.24, 2.45) is 0 Å². The van der Waals surface area contributed by atoms with Crippen molar-refractivity contribution in [2.75, 3.05) is 5.32 Å². The lowest BCUT2D eigenvalue weighted by molar-refractivity contribution is 0.102. The Morgan fingerprint density at radius 1 is 1.03 bits per heavy atom. The van der Waals surface area contributed by atoms with Gasteiger partial charge in [-0.25, -0.2) is 0 Å². The number of amides is 1. The number of nitrogens with one attached hydrogen (secondary N) is 1. The molecule has 2 aromatic heterocycles. The number of carbonyl (C=O) groups excluding carboxylic acids is 1. The number of fused-ring (bicyclic) bond motifs is 3. The van der Waals surface area contributed by atoms with Crippen LogP contribution in [0.3, 0.4) is 0 Å². The second kappa shape index (κ2) is 7.29. The van der Waals surface area contributed by atoms with Crippen molar-refractivity contribution in [2.45, 2.75) is 12.8 Å². The zero-order valence-electron chi connectivity index (χ0n) is 15.4. The first-order chi connectivity index (χ1) is 14.2. The van der Waals surface area contributed by atoms with Gasteiger partial charge in [-0.2, -0.15) is 0 Å². The molecule has 1 N–H and O–H groups in total. The monoisotopic (exact) mass is 445 g/mol. The van der Waals surface area contributed by atoms with E-state index in [1.807, 2.05) is 30.3 Å². The van der Waals surface area contributed by atoms with Crippen LogP contribution in [0, 0.1) is 0 Å². The average molecular weight is 446 g/mol. The van der Waals surface area contributed by atoms with Gasteiger partial charge in [-0.15, -0.1) is 0 Å². The van der Waals surface area contributed by atoms with Gasteiger partial charge in [0.2, 0.25) is 0 Å². The van der Waals surface area contributed by atoms with Crippen molar-refractivity contribution in [3.63, 3.8) is 0 Å². The summed E-state index contributed by atoms with van der Waals surface area (Å²) in [5, 5.41) is 7.22. The Labute approximate surface area is 175 Å². The van der Waals surface area contributed by atoms with E-state index >= 15 is 0 Å². The molecule has 0 bridgehead atoms. The molecule has 4 aromatic rings. The van der Waals surface area contributed by atoms with Crippen LogP contribution in [0.2, 0.25) is 0 Å². The van der Waals surface area contributed by atoms with Crippen molar-refractivity contribution < 1.29 is 9.32 Å². The molecule has 5 rings (SSSR count). The number of halogens is 1. The highest BCUT2D eigenvalue weighted by Gasteiger charge is 2.24. The maximum atomic E-state index is 12.4. The first-order valence-electron chi connectivity index (χ1n) is 9.28. The van der Waals surface area contributed by atoms with Crippen LogP contribution < -0.4 is 5.32 Å². The third-order valence-corrected chi connectivity index (χ3v) is 5.51. The summed E-state index contributed by atoms with van der Waals surface area (Å²) in [5.74, 6) is 0.587. The summed E-state index contributed by atoms with van der Waals surface area (Å²) in [6.07, 6.45) is 5.06. The standard InChI is InChI=1S/C23H16BrN3O2/c24-17-11-16(12-25-13-17)23(28)26-18-8-5-15(6-9-18)22-20-10-7-14-3-1-2-4-19(14)21(20)27-29-22/h1-6,8-9,11-13H,7,10H2,(H,26,28). The molecule has 2 aromatic carbocycles. The molecule has 0 atom stereocenters. The summed E-state index contributed by atoms with van der Waals surface area (Å²) >= 11 is 3.33. The summed E-state index contributed by atoms with van der Waals surface area (Å²) in [6, 6.07) is 17.7. The SMILES string of the molecule is O=C(Nc1ccc(-c2onc3c2CCc2ccccc2-3)cc1)c1cncc(Br)c1. The lowest BCUT2D eigenvalue weighted by Crippen LogP contribution is -2.12. The van der Waals surface area contributed by atoms with E-state index < -0.39 is 0 Å². The van der Waals surface area contributed by atoms with Crippen LogP contribution in [0.15, 0.2) is 76.0 Å². The highest BCUT2D eigenvalue weighted by Crippen LogP contribution is 2.38. The van der Waals surface area contributed by atoms with Gasteiger partial charge < -0.3 is 9.84 Å². The molecule has 1 aliphatic rings. The van der Waals surface area contributed by atoms with Gasteiger partial charge in [0.1, 0.15) is 5.69 Å². The van der Waals surface area contributed by atoms with E-state index in [1.54, 1.807) is 12.3 Å². The predicted molar refractivity (Wildman–Crippen MR) is 115 cm³/mol. The lowest BCUT2D eigenvalue weighted by atomic mass is 9.88. The number of hydrogen-bond donors (Lipinski definition) is 1. The highest BCUT2D eigenvalue weighted by molar-refractivity contribution is 9.10. The molecular formula is C23H16BrN3O2. The largest absolute Gasteiger partial charge is 0.355 e. The summed E-state index contributed by atoms with van der Waals surface area (Å²) in [7, 11) is 0. The Balaban J connectivity index is 1.39. The number of hydrogen-bond acceptors (Lipinski definition) is 4. The number of nitrogens with zero attached hydrogens (tertiary/aromatic N) is 2. The summed E-state index contributed by atoms with van der Waals surface area (Å²) < 4.78 is 6.47. The third-order valence-electron chi connectivity index (χ3n) is 5.08. The van der Waals surface area contributed by atoms with E-state index in [0.29, 0.717) is 11.3 Å². The lowest BCUT2D eigenvalue weighted by Gasteiger charge is -2.14. The topological polar surface area (TPSA) is 68.0 Å². The number of benzene rings is 2. The molecule has 0 fully saturated rings. The van der Waals surface area contributed by atoms with Gasteiger partial charge in [-0.05, 0) is 64.7 Å². The molecule has 0 aliphatic heterocycles. The van der Waals surface area contributed by atoms with E-state index in [-0.39, 0.29) is 5.91 Å². The fraction of sp³-hybridized carbons (Fsp3) is 0.0870. The average Bonchev–Trinajstić information content (AvgIpc) is 3.19. The Morgan fingerprint density at radius 2 is 1.86 bits per heavy atom. The number of aryl methyl sites for hydroxylation is 1. The van der Waals surface area contributed by atoms with Gasteiger partial charge in [0.15, 0.2) is 5.76 Å². The van der Waals surface area contributed by atoms with Crippen molar-refractivity contribution >= 4 is 27.5 Å². The summed E-state index contributed by atoms with van der Waals surface area (Å²) in [4.78, 5) is 16.4. The van der Waals surface area contributed by atoms with Crippen LogP contribution >= 0.6 is 15.9 Å². The van der Waals surface area contributed by atoms with E-state index in [4.69, 9.17) is 4.52 Å². The molecular weight excluding hydrogens is 430 g/mol. The van der Waals surface area contributed by atoms with Crippen molar-refractivity contribution in [1.82, 2.24) is 10.1 Å². The molecule has 1 aliphatic carbocycles. The third kappa shape index (κ3) is 3.36. The van der Waals surface area contributed by atoms with E-state index in [1.165, 1.54) is 11.8 Å². The smallest absolute Gasteiger partial charge is 0.257 e. The Bertz CT molecular complexity index is 1220. The molecule has 1 amide bonds. The zero-order valence-corrected chi connectivity index (χ0v) is 16.9. The summed E-state index contributed by atoms with van der Waals surface area (Å²) in [6.45, 7) is 0. The van der Waals surface area contributed by atoms with Gasteiger partial charge in [0.25, 0.3) is 5.91 Å². The fourth-order valence-corrected chi connectivity index (χ4v) is 4.02. The van der Waals surface area contributed by atoms with Gasteiger partial charge >= 0.3 is 0 Å². The van der Waals surface area contributed by atoms with Crippen LogP contribution in [-0.2, 0) is 12.8 Å². The fourth-order valence-electron chi connectivity index (χ4n) is 3.65. The van der Waals surface area contributed by atoms with E-state index in [9.17, 15) is 4.79 Å². The molecule has 29 heavy (non-hydrogen) atoms. The predicted octanol–water partition coefficient (Wildman–Crippen LogP) is 5.52. The van der Waals surface area contributed by atoms with Crippen LogP contribution in [-0.4, -0.2) is 16.0 Å². The molecule has 0 unspecified atom stereocenters. The number of carbonyl (C=O) groups is 1. The zero-order chi connectivity index (χ0) is 19.8. The molecule has 0 spiro atoms. The van der Waals surface area contributed by atoms with Crippen LogP contribution in [0.25, 0.3) is 22.6 Å². The molecule has 0 saturated heterocycles. The van der Waals surface area contributed by atoms with Crippen molar-refractivity contribution in [3.05, 3.63) is 88.2 Å². The van der Waals surface area contributed by atoms with E-state index in [0.717, 1.165) is 45.5 Å². The number of pyridine rings is 1. The summed E-state index contributed by atoms with van der Waals surface area (Å²) in [5.41, 5.74) is 6.67. The molecule has 5 nitrogen and oxygen atoms in total. The normalized spacial score (nSPS) is 12.2. The Hall–Kier alpha value is -3.25. The second-order valence-electron chi connectivity index (χ2n) is 6.92.